The average Bonchev–Trinajstić information content (AvgIpc) is 2.46. The quantitative estimate of drug-likeness (QED) is 0.904. The van der Waals surface area contributed by atoms with E-state index in [1.165, 1.54) is 0 Å². The van der Waals surface area contributed by atoms with Crippen molar-refractivity contribution in [2.24, 2.45) is 5.92 Å². The van der Waals surface area contributed by atoms with Crippen molar-refractivity contribution < 1.29 is 31.5 Å². The Balaban J connectivity index is 2.25. The summed E-state index contributed by atoms with van der Waals surface area (Å²) in [5, 5.41) is 8.96. The number of aromatic nitrogens is 1. The molecule has 1 aliphatic heterocycles. The van der Waals surface area contributed by atoms with Crippen molar-refractivity contribution in [2.45, 2.75) is 23.9 Å². The monoisotopic (exact) mass is 338 g/mol. The molecule has 0 saturated carbocycles. The summed E-state index contributed by atoms with van der Waals surface area (Å²) in [6.07, 6.45) is -3.26. The standard InChI is InChI=1S/C12H13F3N2O4S/c13-12(14,15)10-4-3-9(6-16-10)22(20,21)17-5-1-2-8(7-17)11(18)19/h3-4,6,8H,1-2,5,7H2,(H,18,19). The van der Waals surface area contributed by atoms with Gasteiger partial charge in [0.05, 0.1) is 5.92 Å². The van der Waals surface area contributed by atoms with E-state index < -0.39 is 33.8 Å². The lowest BCUT2D eigenvalue weighted by Crippen LogP contribution is -2.42. The summed E-state index contributed by atoms with van der Waals surface area (Å²) in [4.78, 5) is 13.7. The number of piperidine rings is 1. The van der Waals surface area contributed by atoms with Crippen molar-refractivity contribution in [1.82, 2.24) is 9.29 Å². The Labute approximate surface area is 124 Å². The molecule has 1 saturated heterocycles. The lowest BCUT2D eigenvalue weighted by atomic mass is 10.0. The molecular formula is C12H13F3N2O4S. The maximum atomic E-state index is 12.4. The molecule has 1 fully saturated rings. The van der Waals surface area contributed by atoms with Crippen molar-refractivity contribution >= 4 is 16.0 Å². The lowest BCUT2D eigenvalue weighted by molar-refractivity contribution is -0.143. The van der Waals surface area contributed by atoms with E-state index in [-0.39, 0.29) is 18.0 Å². The number of nitrogens with zero attached hydrogens (tertiary/aromatic N) is 2. The minimum absolute atomic E-state index is 0.132. The zero-order valence-corrected chi connectivity index (χ0v) is 12.1. The Hall–Kier alpha value is -1.68. The van der Waals surface area contributed by atoms with E-state index in [4.69, 9.17) is 5.11 Å². The van der Waals surface area contributed by atoms with Crippen LogP contribution in [-0.4, -0.2) is 41.9 Å². The number of halogens is 3. The van der Waals surface area contributed by atoms with Gasteiger partial charge in [-0.2, -0.15) is 17.5 Å². The second kappa shape index (κ2) is 5.84. The first kappa shape index (κ1) is 16.7. The number of sulfonamides is 1. The minimum Gasteiger partial charge on any atom is -0.481 e. The number of alkyl halides is 3. The summed E-state index contributed by atoms with van der Waals surface area (Å²) in [5.41, 5.74) is -1.19. The number of hydrogen-bond donors (Lipinski definition) is 1. The largest absolute Gasteiger partial charge is 0.481 e. The van der Waals surface area contributed by atoms with Crippen LogP contribution in [0.1, 0.15) is 18.5 Å². The smallest absolute Gasteiger partial charge is 0.433 e. The maximum Gasteiger partial charge on any atom is 0.433 e. The Morgan fingerprint density at radius 3 is 2.55 bits per heavy atom. The maximum absolute atomic E-state index is 12.4. The highest BCUT2D eigenvalue weighted by Gasteiger charge is 2.35. The van der Waals surface area contributed by atoms with E-state index in [1.807, 2.05) is 0 Å². The molecule has 0 aromatic carbocycles. The van der Waals surface area contributed by atoms with Gasteiger partial charge in [0.25, 0.3) is 0 Å². The van der Waals surface area contributed by atoms with E-state index >= 15 is 0 Å². The molecule has 0 radical (unpaired) electrons. The fourth-order valence-corrected chi connectivity index (χ4v) is 3.68. The van der Waals surface area contributed by atoms with E-state index in [9.17, 15) is 26.4 Å². The van der Waals surface area contributed by atoms with Crippen molar-refractivity contribution in [1.29, 1.82) is 0 Å². The van der Waals surface area contributed by atoms with Gasteiger partial charge in [0.1, 0.15) is 10.6 Å². The summed E-state index contributed by atoms with van der Waals surface area (Å²) < 4.78 is 62.9. The summed E-state index contributed by atoms with van der Waals surface area (Å²) in [6, 6.07) is 1.42. The fourth-order valence-electron chi connectivity index (χ4n) is 2.21. The third-order valence-corrected chi connectivity index (χ3v) is 5.25. The summed E-state index contributed by atoms with van der Waals surface area (Å²) >= 11 is 0. The summed E-state index contributed by atoms with van der Waals surface area (Å²) in [5.74, 6) is -1.91. The van der Waals surface area contributed by atoms with Crippen molar-refractivity contribution in [3.8, 4) is 0 Å². The van der Waals surface area contributed by atoms with E-state index in [0.29, 0.717) is 25.1 Å². The predicted molar refractivity (Wildman–Crippen MR) is 68.4 cm³/mol. The Morgan fingerprint density at radius 2 is 2.05 bits per heavy atom. The molecule has 1 unspecified atom stereocenters. The Kier molecular flexibility index (Phi) is 4.43. The minimum atomic E-state index is -4.65. The number of pyridine rings is 1. The van der Waals surface area contributed by atoms with Crippen LogP contribution in [0.2, 0.25) is 0 Å². The number of carboxylic acids is 1. The molecule has 2 rings (SSSR count). The highest BCUT2D eigenvalue weighted by Crippen LogP contribution is 2.29. The van der Waals surface area contributed by atoms with Gasteiger partial charge in [-0.15, -0.1) is 0 Å². The number of hydrogen-bond acceptors (Lipinski definition) is 4. The third kappa shape index (κ3) is 3.38. The van der Waals surface area contributed by atoms with Gasteiger partial charge in [0.2, 0.25) is 10.0 Å². The van der Waals surface area contributed by atoms with E-state index in [1.54, 1.807) is 0 Å². The SMILES string of the molecule is O=C(O)C1CCCN(S(=O)(=O)c2ccc(C(F)(F)F)nc2)C1. The highest BCUT2D eigenvalue weighted by molar-refractivity contribution is 7.89. The number of carbonyl (C=O) groups is 1. The molecule has 1 N–H and O–H groups in total. The summed E-state index contributed by atoms with van der Waals surface area (Å²) in [7, 11) is -4.05. The van der Waals surface area contributed by atoms with E-state index in [0.717, 1.165) is 10.4 Å². The first-order chi connectivity index (χ1) is 10.1. The zero-order valence-electron chi connectivity index (χ0n) is 11.2. The van der Waals surface area contributed by atoms with Crippen LogP contribution in [0.25, 0.3) is 0 Å². The van der Waals surface area contributed by atoms with Gasteiger partial charge in [-0.3, -0.25) is 9.78 Å². The Bertz CT molecular complexity index is 658. The number of aliphatic carboxylic acids is 1. The molecule has 0 spiro atoms. The topological polar surface area (TPSA) is 87.6 Å². The van der Waals surface area contributed by atoms with Crippen LogP contribution >= 0.6 is 0 Å². The van der Waals surface area contributed by atoms with Crippen LogP contribution < -0.4 is 0 Å². The molecule has 1 aromatic rings. The first-order valence-corrected chi connectivity index (χ1v) is 7.82. The van der Waals surface area contributed by atoms with Crippen LogP contribution in [0.3, 0.4) is 0 Å². The van der Waals surface area contributed by atoms with Crippen LogP contribution in [0, 0.1) is 5.92 Å². The van der Waals surface area contributed by atoms with Crippen LogP contribution in [0.4, 0.5) is 13.2 Å². The zero-order chi connectivity index (χ0) is 16.5. The molecule has 0 bridgehead atoms. The van der Waals surface area contributed by atoms with Gasteiger partial charge in [0, 0.05) is 19.3 Å². The second-order valence-corrected chi connectivity index (χ2v) is 6.86. The fraction of sp³-hybridized carbons (Fsp3) is 0.500. The molecule has 22 heavy (non-hydrogen) atoms. The normalized spacial score (nSPS) is 20.8. The van der Waals surface area contributed by atoms with Gasteiger partial charge < -0.3 is 5.11 Å². The molecule has 6 nitrogen and oxygen atoms in total. The van der Waals surface area contributed by atoms with Crippen molar-refractivity contribution in [2.75, 3.05) is 13.1 Å². The molecule has 0 amide bonds. The molecule has 0 aliphatic carbocycles. The number of carboxylic acid groups (broad SMARTS) is 1. The van der Waals surface area contributed by atoms with Crippen molar-refractivity contribution in [3.63, 3.8) is 0 Å². The van der Waals surface area contributed by atoms with Gasteiger partial charge >= 0.3 is 12.1 Å². The predicted octanol–water partition coefficient (Wildman–Crippen LogP) is 1.59. The first-order valence-electron chi connectivity index (χ1n) is 6.38. The Morgan fingerprint density at radius 1 is 1.36 bits per heavy atom. The van der Waals surface area contributed by atoms with Gasteiger partial charge in [0.15, 0.2) is 0 Å². The number of rotatable bonds is 3. The average molecular weight is 338 g/mol. The molecule has 1 aromatic heterocycles. The molecule has 1 aliphatic rings. The van der Waals surface area contributed by atoms with Crippen LogP contribution in [0.15, 0.2) is 23.2 Å². The van der Waals surface area contributed by atoms with Gasteiger partial charge in [-0.25, -0.2) is 8.42 Å². The molecule has 2 heterocycles. The van der Waals surface area contributed by atoms with E-state index in [2.05, 4.69) is 4.98 Å². The summed E-state index contributed by atoms with van der Waals surface area (Å²) in [6.45, 7) is -0.0637. The molecular weight excluding hydrogens is 325 g/mol. The van der Waals surface area contributed by atoms with Crippen molar-refractivity contribution in [3.05, 3.63) is 24.0 Å². The second-order valence-electron chi connectivity index (χ2n) is 4.92. The van der Waals surface area contributed by atoms with Crippen LogP contribution in [-0.2, 0) is 21.0 Å². The van der Waals surface area contributed by atoms with Crippen LogP contribution in [0.5, 0.6) is 0 Å². The van der Waals surface area contributed by atoms with Gasteiger partial charge in [-0.1, -0.05) is 0 Å². The van der Waals surface area contributed by atoms with Gasteiger partial charge in [-0.05, 0) is 25.0 Å². The molecule has 122 valence electrons. The lowest BCUT2D eigenvalue weighted by Gasteiger charge is -2.29. The molecule has 1 atom stereocenters. The molecule has 10 heteroatoms. The third-order valence-electron chi connectivity index (χ3n) is 3.40. The highest BCUT2D eigenvalue weighted by atomic mass is 32.2.